The number of thiophene rings is 1. The molecule has 0 aliphatic rings. The highest BCUT2D eigenvalue weighted by atomic mass is 79.9. The maximum absolute atomic E-state index is 6.11. The van der Waals surface area contributed by atoms with Gasteiger partial charge in [0.05, 0.1) is 21.8 Å². The summed E-state index contributed by atoms with van der Waals surface area (Å²) in [5.74, 6) is 3.24. The van der Waals surface area contributed by atoms with Crippen LogP contribution >= 0.6 is 36.7 Å². The predicted molar refractivity (Wildman–Crippen MR) is 130 cm³/mol. The van der Waals surface area contributed by atoms with Crippen LogP contribution in [0, 0.1) is 20.8 Å². The molecule has 4 aromatic rings. The van der Waals surface area contributed by atoms with Crippen molar-refractivity contribution >= 4 is 46.8 Å². The number of hydrogen-bond acceptors (Lipinski definition) is 5. The van der Waals surface area contributed by atoms with Crippen molar-refractivity contribution in [1.82, 2.24) is 4.98 Å². The summed E-state index contributed by atoms with van der Waals surface area (Å²) in [6.45, 7) is 6.54. The Morgan fingerprint density at radius 3 is 2.60 bits per heavy atom. The van der Waals surface area contributed by atoms with Crippen molar-refractivity contribution in [1.29, 1.82) is 0 Å². The smallest absolute Gasteiger partial charge is 0.226 e. The number of hydrogen-bond donors (Lipinski definition) is 0. The SMILES string of the molecule is Cc1cc(-c2nc(CCOc3ccc(CBr)c4sccc34)c(C)o2)cc(C)c1OP. The molecule has 0 N–H and O–H groups in total. The summed E-state index contributed by atoms with van der Waals surface area (Å²) >= 11 is 5.30. The molecule has 0 fully saturated rings. The number of aryl methyl sites for hydroxylation is 3. The Bertz CT molecular complexity index is 1180. The minimum atomic E-state index is 0.545. The second-order valence-electron chi connectivity index (χ2n) is 7.20. The fourth-order valence-electron chi connectivity index (χ4n) is 3.63. The fraction of sp³-hybridized carbons (Fsp3) is 0.261. The zero-order chi connectivity index (χ0) is 21.3. The third-order valence-corrected chi connectivity index (χ3v) is 6.95. The summed E-state index contributed by atoms with van der Waals surface area (Å²) in [5, 5.41) is 4.11. The van der Waals surface area contributed by atoms with Crippen LogP contribution in [0.25, 0.3) is 21.5 Å². The second kappa shape index (κ2) is 9.09. The van der Waals surface area contributed by atoms with Crippen molar-refractivity contribution in [3.8, 4) is 23.0 Å². The number of oxazole rings is 1. The van der Waals surface area contributed by atoms with E-state index in [0.717, 1.165) is 50.4 Å². The van der Waals surface area contributed by atoms with Gasteiger partial charge < -0.3 is 13.7 Å². The van der Waals surface area contributed by atoms with Crippen LogP contribution in [-0.2, 0) is 11.8 Å². The molecule has 1 atom stereocenters. The summed E-state index contributed by atoms with van der Waals surface area (Å²) in [6.07, 6.45) is 0.686. The molecule has 0 radical (unpaired) electrons. The maximum atomic E-state index is 6.11. The Balaban J connectivity index is 1.50. The number of alkyl halides is 1. The van der Waals surface area contributed by atoms with Gasteiger partial charge in [-0.05, 0) is 67.1 Å². The number of halogens is 1. The Morgan fingerprint density at radius 1 is 1.13 bits per heavy atom. The minimum absolute atomic E-state index is 0.545. The van der Waals surface area contributed by atoms with Gasteiger partial charge in [0, 0.05) is 27.4 Å². The van der Waals surface area contributed by atoms with E-state index in [-0.39, 0.29) is 0 Å². The predicted octanol–water partition coefficient (Wildman–Crippen LogP) is 7.17. The van der Waals surface area contributed by atoms with Gasteiger partial charge in [0.2, 0.25) is 5.89 Å². The van der Waals surface area contributed by atoms with Crippen molar-refractivity contribution in [3.05, 3.63) is 63.9 Å². The van der Waals surface area contributed by atoms with Gasteiger partial charge in [0.1, 0.15) is 17.3 Å². The molecule has 0 amide bonds. The first-order chi connectivity index (χ1) is 14.5. The van der Waals surface area contributed by atoms with E-state index in [2.05, 4.69) is 42.9 Å². The third-order valence-electron chi connectivity index (χ3n) is 5.12. The molecular formula is C23H23BrNO3PS. The largest absolute Gasteiger partial charge is 0.493 e. The molecule has 0 bridgehead atoms. The van der Waals surface area contributed by atoms with Crippen molar-refractivity contribution in [3.63, 3.8) is 0 Å². The molecule has 2 aromatic carbocycles. The highest BCUT2D eigenvalue weighted by molar-refractivity contribution is 9.08. The van der Waals surface area contributed by atoms with E-state index in [9.17, 15) is 0 Å². The van der Waals surface area contributed by atoms with Gasteiger partial charge in [-0.25, -0.2) is 4.98 Å². The van der Waals surface area contributed by atoms with Crippen LogP contribution in [0.5, 0.6) is 11.5 Å². The van der Waals surface area contributed by atoms with Crippen molar-refractivity contribution in [2.75, 3.05) is 6.61 Å². The van der Waals surface area contributed by atoms with Crippen molar-refractivity contribution < 1.29 is 13.7 Å². The lowest BCUT2D eigenvalue weighted by Gasteiger charge is -2.09. The molecule has 30 heavy (non-hydrogen) atoms. The highest BCUT2D eigenvalue weighted by Gasteiger charge is 2.15. The lowest BCUT2D eigenvalue weighted by Crippen LogP contribution is -2.03. The molecule has 2 heterocycles. The van der Waals surface area contributed by atoms with Gasteiger partial charge >= 0.3 is 0 Å². The van der Waals surface area contributed by atoms with Crippen LogP contribution < -0.4 is 9.26 Å². The Morgan fingerprint density at radius 2 is 1.90 bits per heavy atom. The molecule has 0 saturated carbocycles. The molecule has 0 spiro atoms. The van der Waals surface area contributed by atoms with Crippen LogP contribution in [-0.4, -0.2) is 11.6 Å². The zero-order valence-electron chi connectivity index (χ0n) is 17.1. The van der Waals surface area contributed by atoms with Crippen LogP contribution in [0.1, 0.15) is 28.1 Å². The topological polar surface area (TPSA) is 44.5 Å². The molecule has 2 aromatic heterocycles. The number of benzene rings is 2. The first-order valence-electron chi connectivity index (χ1n) is 9.64. The van der Waals surface area contributed by atoms with Crippen molar-refractivity contribution in [2.45, 2.75) is 32.5 Å². The minimum Gasteiger partial charge on any atom is -0.493 e. The normalized spacial score (nSPS) is 11.2. The summed E-state index contributed by atoms with van der Waals surface area (Å²) in [5.41, 5.74) is 5.26. The van der Waals surface area contributed by atoms with E-state index in [1.165, 1.54) is 10.3 Å². The number of aromatic nitrogens is 1. The lowest BCUT2D eigenvalue weighted by molar-refractivity contribution is 0.323. The average molecular weight is 504 g/mol. The van der Waals surface area contributed by atoms with Gasteiger partial charge in [0.25, 0.3) is 0 Å². The van der Waals surface area contributed by atoms with Crippen LogP contribution in [0.15, 0.2) is 40.1 Å². The van der Waals surface area contributed by atoms with Gasteiger partial charge in [-0.15, -0.1) is 11.3 Å². The van der Waals surface area contributed by atoms with E-state index in [4.69, 9.17) is 18.7 Å². The summed E-state index contributed by atoms with van der Waals surface area (Å²) < 4.78 is 18.7. The second-order valence-corrected chi connectivity index (χ2v) is 8.91. The lowest BCUT2D eigenvalue weighted by atomic mass is 10.1. The number of nitrogens with zero attached hydrogens (tertiary/aromatic N) is 1. The maximum Gasteiger partial charge on any atom is 0.226 e. The monoisotopic (exact) mass is 503 g/mol. The van der Waals surface area contributed by atoms with Crippen LogP contribution in [0.3, 0.4) is 0 Å². The first-order valence-corrected chi connectivity index (χ1v) is 12.1. The van der Waals surface area contributed by atoms with E-state index >= 15 is 0 Å². The van der Waals surface area contributed by atoms with E-state index in [0.29, 0.717) is 18.9 Å². The first kappa shape index (κ1) is 21.4. The molecule has 0 saturated heterocycles. The zero-order valence-corrected chi connectivity index (χ0v) is 20.7. The Kier molecular flexibility index (Phi) is 6.47. The van der Waals surface area contributed by atoms with Crippen LogP contribution in [0.4, 0.5) is 0 Å². The molecule has 7 heteroatoms. The van der Waals surface area contributed by atoms with Gasteiger partial charge in [-0.1, -0.05) is 22.0 Å². The molecule has 0 aliphatic heterocycles. The Hall–Kier alpha value is -1.88. The Labute approximate surface area is 191 Å². The van der Waals surface area contributed by atoms with Gasteiger partial charge in [-0.2, -0.15) is 0 Å². The molecule has 0 aliphatic carbocycles. The third kappa shape index (κ3) is 4.14. The number of fused-ring (bicyclic) bond motifs is 1. The molecular weight excluding hydrogens is 481 g/mol. The molecule has 156 valence electrons. The molecule has 4 nitrogen and oxygen atoms in total. The van der Waals surface area contributed by atoms with E-state index in [1.807, 2.05) is 39.0 Å². The van der Waals surface area contributed by atoms with Gasteiger partial charge in [-0.3, -0.25) is 0 Å². The number of rotatable bonds is 7. The summed E-state index contributed by atoms with van der Waals surface area (Å²) in [4.78, 5) is 4.73. The molecule has 4 rings (SSSR count). The molecule has 1 unspecified atom stereocenters. The highest BCUT2D eigenvalue weighted by Crippen LogP contribution is 2.34. The van der Waals surface area contributed by atoms with E-state index < -0.39 is 0 Å². The average Bonchev–Trinajstić information content (AvgIpc) is 3.35. The fourth-order valence-corrected chi connectivity index (χ4v) is 5.58. The van der Waals surface area contributed by atoms with Crippen LogP contribution in [0.2, 0.25) is 0 Å². The quantitative estimate of drug-likeness (QED) is 0.198. The van der Waals surface area contributed by atoms with Gasteiger partial charge in [0.15, 0.2) is 0 Å². The van der Waals surface area contributed by atoms with Crippen molar-refractivity contribution in [2.24, 2.45) is 0 Å². The summed E-state index contributed by atoms with van der Waals surface area (Å²) in [7, 11) is 2.31. The van der Waals surface area contributed by atoms with E-state index in [1.54, 1.807) is 11.3 Å². The number of ether oxygens (including phenoxy) is 1. The standard InChI is InChI=1S/C23H23BrNO3PS/c1-13-10-17(11-14(2)21(13)28-29)23-25-19(15(3)27-23)6-8-26-20-5-4-16(12-24)22-18(20)7-9-30-22/h4-5,7,9-11H,6,8,12,29H2,1-3H3. The summed E-state index contributed by atoms with van der Waals surface area (Å²) in [6, 6.07) is 10.4.